The molecule has 1 amide bonds. The highest BCUT2D eigenvalue weighted by atomic mass is 16.2. The molecule has 6 nitrogen and oxygen atoms in total. The van der Waals surface area contributed by atoms with E-state index in [4.69, 9.17) is 0 Å². The van der Waals surface area contributed by atoms with Crippen molar-refractivity contribution in [2.24, 2.45) is 0 Å². The second kappa shape index (κ2) is 7.76. The molecule has 3 heterocycles. The van der Waals surface area contributed by atoms with Gasteiger partial charge in [0, 0.05) is 43.9 Å². The molecule has 2 aromatic heterocycles. The molecule has 1 aliphatic heterocycles. The summed E-state index contributed by atoms with van der Waals surface area (Å²) in [6, 6.07) is 14.0. The minimum atomic E-state index is -0.0895. The second-order valence-corrected chi connectivity index (χ2v) is 7.06. The lowest BCUT2D eigenvalue weighted by Crippen LogP contribution is -2.30. The number of likely N-dealkylation sites (N-methyl/N-ethyl adjacent to an activating group) is 1. The number of benzene rings is 1. The number of amides is 1. The van der Waals surface area contributed by atoms with Gasteiger partial charge in [0.2, 0.25) is 5.95 Å². The maximum atomic E-state index is 12.9. The van der Waals surface area contributed by atoms with Gasteiger partial charge in [0.05, 0.1) is 0 Å². The lowest BCUT2D eigenvalue weighted by molar-refractivity contribution is 0.0790. The third-order valence-electron chi connectivity index (χ3n) is 5.02. The Hall–Kier alpha value is -3.28. The van der Waals surface area contributed by atoms with Crippen LogP contribution >= 0.6 is 0 Å². The Morgan fingerprint density at radius 3 is 2.75 bits per heavy atom. The average Bonchev–Trinajstić information content (AvgIpc) is 3.16. The van der Waals surface area contributed by atoms with Gasteiger partial charge in [-0.15, -0.1) is 0 Å². The maximum Gasteiger partial charge on any atom is 0.272 e. The van der Waals surface area contributed by atoms with Crippen molar-refractivity contribution in [2.75, 3.05) is 25.0 Å². The zero-order valence-electron chi connectivity index (χ0n) is 16.2. The Labute approximate surface area is 164 Å². The fraction of sp³-hybridized carbons (Fsp3) is 0.273. The van der Waals surface area contributed by atoms with Gasteiger partial charge in [-0.1, -0.05) is 18.2 Å². The number of hydrogen-bond acceptors (Lipinski definition) is 5. The highest BCUT2D eigenvalue weighted by Gasteiger charge is 2.24. The predicted molar refractivity (Wildman–Crippen MR) is 109 cm³/mol. The summed E-state index contributed by atoms with van der Waals surface area (Å²) in [4.78, 5) is 30.0. The number of nitrogens with zero attached hydrogens (tertiary/aromatic N) is 5. The number of para-hydroxylation sites is 1. The fourth-order valence-corrected chi connectivity index (χ4v) is 3.47. The summed E-state index contributed by atoms with van der Waals surface area (Å²) >= 11 is 0. The third-order valence-corrected chi connectivity index (χ3v) is 5.02. The molecule has 1 aliphatic rings. The molecular weight excluding hydrogens is 350 g/mol. The van der Waals surface area contributed by atoms with Gasteiger partial charge in [-0.05, 0) is 55.2 Å². The average molecular weight is 373 g/mol. The molecule has 142 valence electrons. The highest BCUT2D eigenvalue weighted by Crippen LogP contribution is 2.32. The van der Waals surface area contributed by atoms with Gasteiger partial charge < -0.3 is 9.80 Å². The van der Waals surface area contributed by atoms with Gasteiger partial charge in [-0.3, -0.25) is 9.78 Å². The monoisotopic (exact) mass is 373 g/mol. The first-order valence-electron chi connectivity index (χ1n) is 9.47. The summed E-state index contributed by atoms with van der Waals surface area (Å²) in [5.41, 5.74) is 4.79. The SMILES string of the molecule is Cc1cc(C(=O)N(C)CCc2ccncc2)nc(N2CCc3ccccc32)n1. The minimum Gasteiger partial charge on any atom is -0.340 e. The number of pyridine rings is 1. The number of fused-ring (bicyclic) bond motifs is 1. The molecule has 1 aromatic carbocycles. The van der Waals surface area contributed by atoms with Crippen LogP contribution in [-0.4, -0.2) is 45.9 Å². The standard InChI is InChI=1S/C22H23N5O/c1-16-15-19(21(28)26(2)13-9-17-7-11-23-12-8-17)25-22(24-16)27-14-10-18-5-3-4-6-20(18)27/h3-8,11-12,15H,9-10,13-14H2,1-2H3. The van der Waals surface area contributed by atoms with E-state index in [9.17, 15) is 4.79 Å². The number of carbonyl (C=O) groups is 1. The Balaban J connectivity index is 1.53. The van der Waals surface area contributed by atoms with E-state index >= 15 is 0 Å². The molecule has 0 N–H and O–H groups in total. The van der Waals surface area contributed by atoms with Crippen LogP contribution in [0.15, 0.2) is 54.9 Å². The van der Waals surface area contributed by atoms with E-state index in [2.05, 4.69) is 32.0 Å². The highest BCUT2D eigenvalue weighted by molar-refractivity contribution is 5.92. The zero-order chi connectivity index (χ0) is 19.5. The Morgan fingerprint density at radius 2 is 1.93 bits per heavy atom. The number of rotatable bonds is 5. The van der Waals surface area contributed by atoms with E-state index in [0.717, 1.165) is 36.3 Å². The normalized spacial score (nSPS) is 12.7. The molecule has 0 fully saturated rings. The van der Waals surface area contributed by atoms with E-state index in [0.29, 0.717) is 18.2 Å². The van der Waals surface area contributed by atoms with Crippen molar-refractivity contribution in [1.29, 1.82) is 0 Å². The minimum absolute atomic E-state index is 0.0895. The van der Waals surface area contributed by atoms with Crippen LogP contribution in [0, 0.1) is 6.92 Å². The number of anilines is 2. The molecule has 0 saturated heterocycles. The molecule has 4 rings (SSSR count). The van der Waals surface area contributed by atoms with E-state index in [-0.39, 0.29) is 5.91 Å². The molecular formula is C22H23N5O. The van der Waals surface area contributed by atoms with Crippen LogP contribution in [0.1, 0.15) is 27.3 Å². The van der Waals surface area contributed by atoms with Crippen LogP contribution in [0.25, 0.3) is 0 Å². The lowest BCUT2D eigenvalue weighted by atomic mass is 10.2. The second-order valence-electron chi connectivity index (χ2n) is 7.06. The number of aryl methyl sites for hydroxylation is 1. The summed E-state index contributed by atoms with van der Waals surface area (Å²) in [5.74, 6) is 0.504. The van der Waals surface area contributed by atoms with Gasteiger partial charge in [-0.25, -0.2) is 9.97 Å². The van der Waals surface area contributed by atoms with Crippen molar-refractivity contribution in [3.8, 4) is 0 Å². The van der Waals surface area contributed by atoms with Crippen molar-refractivity contribution < 1.29 is 4.79 Å². The largest absolute Gasteiger partial charge is 0.340 e. The van der Waals surface area contributed by atoms with Gasteiger partial charge in [-0.2, -0.15) is 0 Å². The van der Waals surface area contributed by atoms with Crippen molar-refractivity contribution >= 4 is 17.5 Å². The topological polar surface area (TPSA) is 62.2 Å². The smallest absolute Gasteiger partial charge is 0.272 e. The van der Waals surface area contributed by atoms with Crippen molar-refractivity contribution in [1.82, 2.24) is 19.9 Å². The summed E-state index contributed by atoms with van der Waals surface area (Å²) in [6.45, 7) is 3.35. The van der Waals surface area contributed by atoms with E-state index in [1.807, 2.05) is 38.2 Å². The van der Waals surface area contributed by atoms with Gasteiger partial charge in [0.1, 0.15) is 5.69 Å². The molecule has 0 spiro atoms. The van der Waals surface area contributed by atoms with Crippen LogP contribution < -0.4 is 4.90 Å². The van der Waals surface area contributed by atoms with Crippen LogP contribution in [0.3, 0.4) is 0 Å². The Kier molecular flexibility index (Phi) is 5.02. The molecule has 0 saturated carbocycles. The molecule has 0 unspecified atom stereocenters. The van der Waals surface area contributed by atoms with Gasteiger partial charge >= 0.3 is 0 Å². The summed E-state index contributed by atoms with van der Waals surface area (Å²) in [7, 11) is 1.81. The van der Waals surface area contributed by atoms with Crippen LogP contribution in [0.4, 0.5) is 11.6 Å². The van der Waals surface area contributed by atoms with Crippen molar-refractivity contribution in [3.05, 3.63) is 77.4 Å². The molecule has 0 atom stereocenters. The fourth-order valence-electron chi connectivity index (χ4n) is 3.47. The van der Waals surface area contributed by atoms with E-state index < -0.39 is 0 Å². The van der Waals surface area contributed by atoms with Crippen LogP contribution in [-0.2, 0) is 12.8 Å². The first-order valence-corrected chi connectivity index (χ1v) is 9.47. The number of carbonyl (C=O) groups excluding carboxylic acids is 1. The lowest BCUT2D eigenvalue weighted by Gasteiger charge is -2.20. The molecule has 0 radical (unpaired) electrons. The van der Waals surface area contributed by atoms with Crippen molar-refractivity contribution in [2.45, 2.75) is 19.8 Å². The quantitative estimate of drug-likeness (QED) is 0.687. The first-order chi connectivity index (χ1) is 13.6. The predicted octanol–water partition coefficient (Wildman–Crippen LogP) is 3.19. The van der Waals surface area contributed by atoms with E-state index in [1.165, 1.54) is 5.56 Å². The first kappa shape index (κ1) is 18.1. The molecule has 28 heavy (non-hydrogen) atoms. The molecule has 0 bridgehead atoms. The van der Waals surface area contributed by atoms with Crippen LogP contribution in [0.5, 0.6) is 0 Å². The molecule has 3 aromatic rings. The Morgan fingerprint density at radius 1 is 1.14 bits per heavy atom. The summed E-state index contributed by atoms with van der Waals surface area (Å²) < 4.78 is 0. The van der Waals surface area contributed by atoms with Gasteiger partial charge in [0.25, 0.3) is 5.91 Å². The Bertz CT molecular complexity index is 989. The van der Waals surface area contributed by atoms with Gasteiger partial charge in [0.15, 0.2) is 0 Å². The maximum absolute atomic E-state index is 12.9. The van der Waals surface area contributed by atoms with Crippen molar-refractivity contribution in [3.63, 3.8) is 0 Å². The number of aromatic nitrogens is 3. The third kappa shape index (κ3) is 3.71. The summed E-state index contributed by atoms with van der Waals surface area (Å²) in [6.07, 6.45) is 5.28. The molecule has 0 aliphatic carbocycles. The number of hydrogen-bond donors (Lipinski definition) is 0. The summed E-state index contributed by atoms with van der Waals surface area (Å²) in [5, 5.41) is 0. The zero-order valence-corrected chi connectivity index (χ0v) is 16.2. The van der Waals surface area contributed by atoms with Crippen LogP contribution in [0.2, 0.25) is 0 Å². The van der Waals surface area contributed by atoms with E-state index in [1.54, 1.807) is 23.4 Å². The molecule has 6 heteroatoms.